The van der Waals surface area contributed by atoms with Crippen LogP contribution in [0, 0.1) is 17.0 Å². The topological polar surface area (TPSA) is 129 Å². The molecule has 1 amide bonds. The molecule has 0 saturated heterocycles. The molecule has 3 aromatic rings. The third-order valence-corrected chi connectivity index (χ3v) is 4.10. The first-order chi connectivity index (χ1) is 13.8. The Kier molecular flexibility index (Phi) is 5.40. The molecule has 2 aromatic carbocycles. The average Bonchev–Trinajstić information content (AvgIpc) is 2.68. The lowest BCUT2D eigenvalue weighted by Gasteiger charge is -2.13. The van der Waals surface area contributed by atoms with Gasteiger partial charge in [-0.2, -0.15) is 0 Å². The number of anilines is 1. The van der Waals surface area contributed by atoms with E-state index in [1.807, 2.05) is 6.92 Å². The van der Waals surface area contributed by atoms with Gasteiger partial charge in [0, 0.05) is 12.1 Å². The van der Waals surface area contributed by atoms with Crippen LogP contribution in [0.3, 0.4) is 0 Å². The third-order valence-electron chi connectivity index (χ3n) is 4.10. The molecule has 0 spiro atoms. The molecule has 1 aromatic heterocycles. The van der Waals surface area contributed by atoms with Crippen molar-refractivity contribution in [3.05, 3.63) is 80.2 Å². The Labute approximate surface area is 164 Å². The van der Waals surface area contributed by atoms with Crippen LogP contribution in [0.25, 0.3) is 11.0 Å². The van der Waals surface area contributed by atoms with E-state index in [4.69, 9.17) is 9.15 Å². The largest absolute Gasteiger partial charge is 0.449 e. The summed E-state index contributed by atoms with van der Waals surface area (Å²) in [4.78, 5) is 47.2. The van der Waals surface area contributed by atoms with Crippen molar-refractivity contribution in [2.24, 2.45) is 0 Å². The lowest BCUT2D eigenvalue weighted by Crippen LogP contribution is -2.30. The van der Waals surface area contributed by atoms with Crippen LogP contribution < -0.4 is 10.7 Å². The van der Waals surface area contributed by atoms with Gasteiger partial charge < -0.3 is 14.5 Å². The molecule has 148 valence electrons. The summed E-state index contributed by atoms with van der Waals surface area (Å²) in [7, 11) is 0. The molecule has 9 heteroatoms. The first-order valence-electron chi connectivity index (χ1n) is 8.56. The molecule has 1 N–H and O–H groups in total. The number of fused-ring (bicyclic) bond motifs is 1. The summed E-state index contributed by atoms with van der Waals surface area (Å²) in [6.07, 6.45) is -1.29. The molecule has 0 fully saturated rings. The Hall–Kier alpha value is -4.01. The van der Waals surface area contributed by atoms with Crippen molar-refractivity contribution in [2.75, 3.05) is 5.32 Å². The Morgan fingerprint density at radius 2 is 1.90 bits per heavy atom. The summed E-state index contributed by atoms with van der Waals surface area (Å²) >= 11 is 0. The fourth-order valence-corrected chi connectivity index (χ4v) is 2.62. The maximum absolute atomic E-state index is 12.3. The quantitative estimate of drug-likeness (QED) is 0.398. The summed E-state index contributed by atoms with van der Waals surface area (Å²) < 4.78 is 10.5. The van der Waals surface area contributed by atoms with Gasteiger partial charge in [-0.25, -0.2) is 4.79 Å². The number of benzene rings is 2. The second-order valence-corrected chi connectivity index (χ2v) is 6.29. The molecular formula is C20H16N2O7. The summed E-state index contributed by atoms with van der Waals surface area (Å²) in [6.45, 7) is 3.11. The molecule has 3 rings (SSSR count). The van der Waals surface area contributed by atoms with Crippen LogP contribution in [0.4, 0.5) is 11.4 Å². The molecule has 29 heavy (non-hydrogen) atoms. The molecule has 0 radical (unpaired) electrons. The highest BCUT2D eigenvalue weighted by Gasteiger charge is 2.23. The van der Waals surface area contributed by atoms with Gasteiger partial charge in [-0.05, 0) is 32.0 Å². The summed E-state index contributed by atoms with van der Waals surface area (Å²) in [5, 5.41) is 13.7. The lowest BCUT2D eigenvalue weighted by atomic mass is 10.1. The molecule has 1 atom stereocenters. The van der Waals surface area contributed by atoms with Gasteiger partial charge in [0.2, 0.25) is 5.76 Å². The number of esters is 1. The fraction of sp³-hybridized carbons (Fsp3) is 0.150. The van der Waals surface area contributed by atoms with Gasteiger partial charge in [0.15, 0.2) is 11.5 Å². The van der Waals surface area contributed by atoms with Gasteiger partial charge in [0.25, 0.3) is 11.6 Å². The number of aryl methyl sites for hydroxylation is 1. The number of carbonyl (C=O) groups excluding carboxylic acids is 2. The second-order valence-electron chi connectivity index (χ2n) is 6.29. The zero-order valence-corrected chi connectivity index (χ0v) is 15.5. The standard InChI is InChI=1S/C20H16N2O7/c1-11-7-8-17-13(9-11)16(23)10-18(29-17)20(25)28-12(2)19(24)21-14-5-3-4-6-15(14)22(26)27/h3-10,12H,1-2H3,(H,21,24)/t12-/m1/s1. The van der Waals surface area contributed by atoms with Crippen LogP contribution in [-0.4, -0.2) is 22.9 Å². The monoisotopic (exact) mass is 396 g/mol. The Morgan fingerprint density at radius 3 is 2.62 bits per heavy atom. The van der Waals surface area contributed by atoms with Gasteiger partial charge in [-0.15, -0.1) is 0 Å². The van der Waals surface area contributed by atoms with Crippen LogP contribution in [-0.2, 0) is 9.53 Å². The number of nitro groups is 1. The lowest BCUT2D eigenvalue weighted by molar-refractivity contribution is -0.383. The van der Waals surface area contributed by atoms with E-state index in [2.05, 4.69) is 5.32 Å². The molecule has 0 unspecified atom stereocenters. The zero-order chi connectivity index (χ0) is 21.1. The van der Waals surface area contributed by atoms with E-state index in [-0.39, 0.29) is 22.7 Å². The van der Waals surface area contributed by atoms with Crippen molar-refractivity contribution in [2.45, 2.75) is 20.0 Å². The Bertz CT molecular complexity index is 1180. The molecular weight excluding hydrogens is 380 g/mol. The van der Waals surface area contributed by atoms with E-state index in [1.165, 1.54) is 31.2 Å². The van der Waals surface area contributed by atoms with Crippen molar-refractivity contribution in [3.8, 4) is 0 Å². The van der Waals surface area contributed by atoms with Crippen LogP contribution in [0.1, 0.15) is 23.0 Å². The number of ether oxygens (including phenoxy) is 1. The molecule has 0 aliphatic carbocycles. The van der Waals surface area contributed by atoms with E-state index < -0.39 is 28.3 Å². The van der Waals surface area contributed by atoms with Crippen molar-refractivity contribution in [3.63, 3.8) is 0 Å². The minimum absolute atomic E-state index is 0.0296. The van der Waals surface area contributed by atoms with E-state index in [9.17, 15) is 24.5 Å². The van der Waals surface area contributed by atoms with Crippen molar-refractivity contribution in [1.29, 1.82) is 0 Å². The van der Waals surface area contributed by atoms with Gasteiger partial charge in [-0.3, -0.25) is 19.7 Å². The summed E-state index contributed by atoms with van der Waals surface area (Å²) in [5.41, 5.74) is 0.333. The Balaban J connectivity index is 1.76. The summed E-state index contributed by atoms with van der Waals surface area (Å²) in [6, 6.07) is 11.5. The number of nitrogens with zero attached hydrogens (tertiary/aromatic N) is 1. The summed E-state index contributed by atoms with van der Waals surface area (Å²) in [5.74, 6) is -2.13. The highest BCUT2D eigenvalue weighted by molar-refractivity contribution is 5.98. The number of amides is 1. The van der Waals surface area contributed by atoms with Crippen LogP contribution in [0.2, 0.25) is 0 Å². The molecule has 0 aliphatic heterocycles. The minimum Gasteiger partial charge on any atom is -0.449 e. The first-order valence-corrected chi connectivity index (χ1v) is 8.56. The minimum atomic E-state index is -1.29. The van der Waals surface area contributed by atoms with Crippen LogP contribution >= 0.6 is 0 Å². The molecule has 0 saturated carbocycles. The predicted octanol–water partition coefficient (Wildman–Crippen LogP) is 3.19. The highest BCUT2D eigenvalue weighted by atomic mass is 16.6. The SMILES string of the molecule is Cc1ccc2oc(C(=O)O[C@H](C)C(=O)Nc3ccccc3[N+](=O)[O-])cc(=O)c2c1. The number of para-hydroxylation sites is 2. The van der Waals surface area contributed by atoms with E-state index >= 15 is 0 Å². The molecule has 0 aliphatic rings. The highest BCUT2D eigenvalue weighted by Crippen LogP contribution is 2.23. The van der Waals surface area contributed by atoms with E-state index in [0.29, 0.717) is 5.39 Å². The van der Waals surface area contributed by atoms with E-state index in [1.54, 1.807) is 18.2 Å². The van der Waals surface area contributed by atoms with Crippen LogP contribution in [0.15, 0.2) is 57.7 Å². The molecule has 9 nitrogen and oxygen atoms in total. The normalized spacial score (nSPS) is 11.7. The van der Waals surface area contributed by atoms with Crippen LogP contribution in [0.5, 0.6) is 0 Å². The zero-order valence-electron chi connectivity index (χ0n) is 15.5. The van der Waals surface area contributed by atoms with Crippen molar-refractivity contribution >= 4 is 34.2 Å². The number of hydrogen-bond donors (Lipinski definition) is 1. The third kappa shape index (κ3) is 4.29. The van der Waals surface area contributed by atoms with Crippen molar-refractivity contribution < 1.29 is 23.7 Å². The number of carbonyl (C=O) groups is 2. The second kappa shape index (κ2) is 7.93. The van der Waals surface area contributed by atoms with E-state index in [0.717, 1.165) is 11.6 Å². The Morgan fingerprint density at radius 1 is 1.17 bits per heavy atom. The first kappa shape index (κ1) is 19.7. The number of nitro benzene ring substituents is 1. The number of nitrogens with one attached hydrogen (secondary N) is 1. The number of rotatable bonds is 5. The predicted molar refractivity (Wildman–Crippen MR) is 104 cm³/mol. The maximum Gasteiger partial charge on any atom is 0.375 e. The van der Waals surface area contributed by atoms with Gasteiger partial charge >= 0.3 is 5.97 Å². The average molecular weight is 396 g/mol. The smallest absolute Gasteiger partial charge is 0.375 e. The van der Waals surface area contributed by atoms with Gasteiger partial charge in [0.05, 0.1) is 10.3 Å². The molecule has 0 bridgehead atoms. The molecule has 1 heterocycles. The fourth-order valence-electron chi connectivity index (χ4n) is 2.62. The van der Waals surface area contributed by atoms with Crippen molar-refractivity contribution in [1.82, 2.24) is 0 Å². The van der Waals surface area contributed by atoms with Gasteiger partial charge in [0.1, 0.15) is 11.3 Å². The maximum atomic E-state index is 12.3. The van der Waals surface area contributed by atoms with Gasteiger partial charge in [-0.1, -0.05) is 23.8 Å². The number of hydrogen-bond acceptors (Lipinski definition) is 7.